The molecular weight excluding hydrogens is 394 g/mol. The van der Waals surface area contributed by atoms with E-state index >= 15 is 0 Å². The van der Waals surface area contributed by atoms with Gasteiger partial charge in [0.05, 0.1) is 11.1 Å². The second-order valence-electron chi connectivity index (χ2n) is 7.12. The molecule has 0 radical (unpaired) electrons. The summed E-state index contributed by atoms with van der Waals surface area (Å²) >= 11 is 0. The Balaban J connectivity index is 1.52. The molecule has 2 aromatic heterocycles. The maximum absolute atomic E-state index is 14.2. The maximum Gasteiger partial charge on any atom is 0.295 e. The van der Waals surface area contributed by atoms with Crippen molar-refractivity contribution < 1.29 is 23.2 Å². The molecule has 1 N–H and O–H groups in total. The molecule has 3 aromatic rings. The Morgan fingerprint density at radius 2 is 1.87 bits per heavy atom. The number of rotatable bonds is 3. The van der Waals surface area contributed by atoms with E-state index in [1.54, 1.807) is 30.0 Å². The molecule has 1 saturated heterocycles. The molecule has 0 bridgehead atoms. The minimum Gasteiger partial charge on any atom is -0.358 e. The van der Waals surface area contributed by atoms with Gasteiger partial charge in [-0.25, -0.2) is 8.78 Å². The van der Waals surface area contributed by atoms with Crippen LogP contribution in [0.4, 0.5) is 8.78 Å². The van der Waals surface area contributed by atoms with Gasteiger partial charge in [-0.05, 0) is 31.2 Å². The number of Topliss-reactive ketones (excluding diaryl/α,β-unsaturated/α-hetero) is 1. The monoisotopic (exact) mass is 412 g/mol. The van der Waals surface area contributed by atoms with Crippen LogP contribution in [-0.4, -0.2) is 63.0 Å². The number of fused-ring (bicyclic) bond motifs is 1. The molecule has 154 valence electrons. The van der Waals surface area contributed by atoms with Crippen molar-refractivity contribution in [2.24, 2.45) is 0 Å². The number of aromatic amines is 1. The van der Waals surface area contributed by atoms with Crippen LogP contribution in [0.1, 0.15) is 27.8 Å². The minimum atomic E-state index is -0.929. The third-order valence-corrected chi connectivity index (χ3v) is 5.23. The third-order valence-electron chi connectivity index (χ3n) is 5.23. The average molecular weight is 412 g/mol. The summed E-state index contributed by atoms with van der Waals surface area (Å²) in [5.41, 5.74) is -0.0759. The molecule has 9 heteroatoms. The molecule has 30 heavy (non-hydrogen) atoms. The van der Waals surface area contributed by atoms with Gasteiger partial charge in [0.25, 0.3) is 17.6 Å². The van der Waals surface area contributed by atoms with E-state index < -0.39 is 29.4 Å². The van der Waals surface area contributed by atoms with Crippen LogP contribution in [0.3, 0.4) is 0 Å². The molecule has 1 aromatic carbocycles. The minimum absolute atomic E-state index is 0.142. The lowest BCUT2D eigenvalue weighted by atomic mass is 10.1. The molecule has 1 atom stereocenters. The van der Waals surface area contributed by atoms with Crippen molar-refractivity contribution in [2.75, 3.05) is 19.6 Å². The second-order valence-corrected chi connectivity index (χ2v) is 7.12. The highest BCUT2D eigenvalue weighted by molar-refractivity contribution is 6.45. The van der Waals surface area contributed by atoms with Crippen molar-refractivity contribution in [3.05, 3.63) is 65.6 Å². The van der Waals surface area contributed by atoms with Gasteiger partial charge in [0.15, 0.2) is 0 Å². The SMILES string of the molecule is C[C@@H]1CN(C(=O)c2ccccn2)CCN1C(=O)C(=O)c1c[nH]c2c(F)ccc(F)c12. The summed E-state index contributed by atoms with van der Waals surface area (Å²) in [7, 11) is 0. The largest absolute Gasteiger partial charge is 0.358 e. The summed E-state index contributed by atoms with van der Waals surface area (Å²) in [6, 6.07) is 6.46. The van der Waals surface area contributed by atoms with Crippen molar-refractivity contribution in [3.63, 3.8) is 0 Å². The van der Waals surface area contributed by atoms with Gasteiger partial charge in [-0.1, -0.05) is 6.07 Å². The van der Waals surface area contributed by atoms with Crippen LogP contribution in [0.2, 0.25) is 0 Å². The number of nitrogens with zero attached hydrogens (tertiary/aromatic N) is 3. The van der Waals surface area contributed by atoms with Crippen LogP contribution in [0.25, 0.3) is 10.9 Å². The van der Waals surface area contributed by atoms with E-state index in [9.17, 15) is 23.2 Å². The quantitative estimate of drug-likeness (QED) is 0.529. The number of carbonyl (C=O) groups excluding carboxylic acids is 3. The highest BCUT2D eigenvalue weighted by Gasteiger charge is 2.35. The number of ketones is 1. The van der Waals surface area contributed by atoms with Gasteiger partial charge < -0.3 is 14.8 Å². The van der Waals surface area contributed by atoms with Crippen LogP contribution in [0, 0.1) is 11.6 Å². The fraction of sp³-hybridized carbons (Fsp3) is 0.238. The standard InChI is InChI=1S/C21H18F2N4O3/c1-12-11-26(20(29)16-4-2-3-7-24-16)8-9-27(12)21(30)19(28)13-10-25-18-15(23)6-5-14(22)17(13)18/h2-7,10,12,25H,8-9,11H2,1H3/t12-/m1/s1. The molecule has 7 nitrogen and oxygen atoms in total. The molecule has 2 amide bonds. The molecule has 0 unspecified atom stereocenters. The predicted octanol–water partition coefficient (Wildman–Crippen LogP) is 2.40. The second kappa shape index (κ2) is 7.66. The number of amides is 2. The van der Waals surface area contributed by atoms with E-state index in [0.717, 1.165) is 18.3 Å². The highest BCUT2D eigenvalue weighted by atomic mass is 19.1. The van der Waals surface area contributed by atoms with Crippen molar-refractivity contribution >= 4 is 28.5 Å². The number of aromatic nitrogens is 2. The number of halogens is 2. The lowest BCUT2D eigenvalue weighted by molar-refractivity contribution is -0.130. The van der Waals surface area contributed by atoms with Gasteiger partial charge in [0, 0.05) is 43.5 Å². The van der Waals surface area contributed by atoms with E-state index in [0.29, 0.717) is 5.69 Å². The zero-order valence-corrected chi connectivity index (χ0v) is 16.1. The fourth-order valence-electron chi connectivity index (χ4n) is 3.69. The van der Waals surface area contributed by atoms with E-state index in [2.05, 4.69) is 9.97 Å². The van der Waals surface area contributed by atoms with Gasteiger partial charge >= 0.3 is 0 Å². The van der Waals surface area contributed by atoms with Gasteiger partial charge in [-0.15, -0.1) is 0 Å². The molecule has 0 aliphatic carbocycles. The number of benzene rings is 1. The Kier molecular flexibility index (Phi) is 5.03. The van der Waals surface area contributed by atoms with Crippen LogP contribution in [-0.2, 0) is 4.79 Å². The molecule has 4 rings (SSSR count). The molecule has 3 heterocycles. The lowest BCUT2D eigenvalue weighted by Gasteiger charge is -2.39. The Hall–Kier alpha value is -3.62. The molecular formula is C21H18F2N4O3. The van der Waals surface area contributed by atoms with Crippen molar-refractivity contribution in [2.45, 2.75) is 13.0 Å². The van der Waals surface area contributed by atoms with Gasteiger partial charge in [0.2, 0.25) is 0 Å². The van der Waals surface area contributed by atoms with Gasteiger partial charge in [0.1, 0.15) is 17.3 Å². The van der Waals surface area contributed by atoms with Crippen LogP contribution in [0.15, 0.2) is 42.7 Å². The van der Waals surface area contributed by atoms with E-state index in [1.165, 1.54) is 11.1 Å². The first-order valence-corrected chi connectivity index (χ1v) is 9.39. The zero-order valence-electron chi connectivity index (χ0n) is 16.1. The maximum atomic E-state index is 14.2. The summed E-state index contributed by atoms with van der Waals surface area (Å²) in [6.07, 6.45) is 2.67. The predicted molar refractivity (Wildman–Crippen MR) is 104 cm³/mol. The number of hydrogen-bond acceptors (Lipinski definition) is 4. The number of pyridine rings is 1. The summed E-state index contributed by atoms with van der Waals surface area (Å²) in [5.74, 6) is -3.51. The first-order chi connectivity index (χ1) is 14.4. The smallest absolute Gasteiger partial charge is 0.295 e. The topological polar surface area (TPSA) is 86.4 Å². The third kappa shape index (κ3) is 3.32. The first-order valence-electron chi connectivity index (χ1n) is 9.39. The van der Waals surface area contributed by atoms with E-state index in [-0.39, 0.29) is 42.0 Å². The Morgan fingerprint density at radius 1 is 1.10 bits per heavy atom. The number of hydrogen-bond donors (Lipinski definition) is 1. The van der Waals surface area contributed by atoms with Crippen LogP contribution < -0.4 is 0 Å². The molecule has 1 aliphatic rings. The van der Waals surface area contributed by atoms with E-state index in [4.69, 9.17) is 0 Å². The van der Waals surface area contributed by atoms with Crippen LogP contribution >= 0.6 is 0 Å². The molecule has 1 aliphatic heterocycles. The molecule has 0 spiro atoms. The summed E-state index contributed by atoms with van der Waals surface area (Å²) in [4.78, 5) is 47.7. The number of nitrogens with one attached hydrogen (secondary N) is 1. The van der Waals surface area contributed by atoms with Gasteiger partial charge in [-0.3, -0.25) is 19.4 Å². The van der Waals surface area contributed by atoms with Gasteiger partial charge in [-0.2, -0.15) is 0 Å². The summed E-state index contributed by atoms with van der Waals surface area (Å²) in [5, 5.41) is -0.245. The number of piperazine rings is 1. The number of H-pyrrole nitrogens is 1. The zero-order chi connectivity index (χ0) is 21.4. The van der Waals surface area contributed by atoms with E-state index in [1.807, 2.05) is 0 Å². The van der Waals surface area contributed by atoms with Crippen molar-refractivity contribution in [1.82, 2.24) is 19.8 Å². The lowest BCUT2D eigenvalue weighted by Crippen LogP contribution is -2.56. The molecule has 1 fully saturated rings. The van der Waals surface area contributed by atoms with Crippen molar-refractivity contribution in [3.8, 4) is 0 Å². The molecule has 0 saturated carbocycles. The summed E-state index contributed by atoms with van der Waals surface area (Å²) < 4.78 is 28.1. The first kappa shape index (κ1) is 19.7. The number of carbonyl (C=O) groups is 3. The summed E-state index contributed by atoms with van der Waals surface area (Å²) in [6.45, 7) is 2.32. The Bertz CT molecular complexity index is 1150. The Morgan fingerprint density at radius 3 is 2.57 bits per heavy atom. The fourth-order valence-corrected chi connectivity index (χ4v) is 3.69. The average Bonchev–Trinajstić information content (AvgIpc) is 3.22. The van der Waals surface area contributed by atoms with Crippen LogP contribution in [0.5, 0.6) is 0 Å². The normalized spacial score (nSPS) is 16.7. The van der Waals surface area contributed by atoms with Crippen molar-refractivity contribution in [1.29, 1.82) is 0 Å². The highest BCUT2D eigenvalue weighted by Crippen LogP contribution is 2.25. The Labute approximate surface area is 170 Å².